The molecule has 0 aliphatic heterocycles. The van der Waals surface area contributed by atoms with Crippen LogP contribution in [-0.2, 0) is 16.1 Å². The van der Waals surface area contributed by atoms with Crippen LogP contribution in [0.4, 0.5) is 5.82 Å². The second-order valence-corrected chi connectivity index (χ2v) is 4.42. The second-order valence-electron chi connectivity index (χ2n) is 4.42. The number of aliphatic carboxylic acids is 1. The van der Waals surface area contributed by atoms with Crippen molar-refractivity contribution in [3.63, 3.8) is 0 Å². The third kappa shape index (κ3) is 2.54. The Hall–Kier alpha value is -2.45. The van der Waals surface area contributed by atoms with Crippen molar-refractivity contribution < 1.29 is 19.6 Å². The molecule has 0 saturated heterocycles. The van der Waals surface area contributed by atoms with Crippen molar-refractivity contribution in [2.75, 3.05) is 0 Å². The highest BCUT2D eigenvalue weighted by atomic mass is 16.6. The van der Waals surface area contributed by atoms with Crippen molar-refractivity contribution in [3.05, 3.63) is 22.4 Å². The Kier molecular flexibility index (Phi) is 3.19. The number of carbonyl (C=O) groups is 2. The van der Waals surface area contributed by atoms with Gasteiger partial charge in [0.15, 0.2) is 0 Å². The number of nitrogens with zero attached hydrogens (tertiary/aromatic N) is 3. The van der Waals surface area contributed by atoms with E-state index in [9.17, 15) is 19.7 Å². The number of nitro groups is 1. The van der Waals surface area contributed by atoms with Gasteiger partial charge in [-0.3, -0.25) is 4.79 Å². The molecule has 9 nitrogen and oxygen atoms in total. The van der Waals surface area contributed by atoms with Crippen LogP contribution in [0.5, 0.6) is 0 Å². The van der Waals surface area contributed by atoms with Crippen LogP contribution in [0, 0.1) is 10.1 Å². The predicted molar refractivity (Wildman–Crippen MR) is 61.2 cm³/mol. The maximum atomic E-state index is 11.7. The van der Waals surface area contributed by atoms with Crippen molar-refractivity contribution in [1.82, 2.24) is 15.1 Å². The molecular formula is C10H12N4O5. The molecular weight excluding hydrogens is 256 g/mol. The molecule has 1 aromatic rings. The number of hydrogen-bond donors (Lipinski definition) is 2. The van der Waals surface area contributed by atoms with Crippen LogP contribution >= 0.6 is 0 Å². The van der Waals surface area contributed by atoms with Crippen molar-refractivity contribution in [1.29, 1.82) is 0 Å². The van der Waals surface area contributed by atoms with Crippen LogP contribution in [-0.4, -0.2) is 37.2 Å². The Bertz CT molecular complexity index is 534. The SMILES string of the molecule is O=C(Cn1ccc([N+](=O)[O-])n1)NC1(C(=O)O)CCC1. The average molecular weight is 268 g/mol. The zero-order valence-corrected chi connectivity index (χ0v) is 9.90. The van der Waals surface area contributed by atoms with Gasteiger partial charge in [-0.25, -0.2) is 4.79 Å². The largest absolute Gasteiger partial charge is 0.480 e. The average Bonchev–Trinajstić information content (AvgIpc) is 2.71. The molecule has 0 spiro atoms. The third-order valence-electron chi connectivity index (χ3n) is 3.11. The third-order valence-corrected chi connectivity index (χ3v) is 3.11. The summed E-state index contributed by atoms with van der Waals surface area (Å²) in [6.45, 7) is -0.247. The highest BCUT2D eigenvalue weighted by molar-refractivity contribution is 5.87. The fraction of sp³-hybridized carbons (Fsp3) is 0.500. The van der Waals surface area contributed by atoms with Gasteiger partial charge in [-0.05, 0) is 24.2 Å². The van der Waals surface area contributed by atoms with Gasteiger partial charge in [0, 0.05) is 0 Å². The zero-order valence-electron chi connectivity index (χ0n) is 9.90. The van der Waals surface area contributed by atoms with E-state index < -0.39 is 22.3 Å². The number of amides is 1. The van der Waals surface area contributed by atoms with E-state index in [1.165, 1.54) is 12.3 Å². The van der Waals surface area contributed by atoms with Gasteiger partial charge in [-0.15, -0.1) is 0 Å². The Morgan fingerprint density at radius 3 is 2.68 bits per heavy atom. The standard InChI is InChI=1S/C10H12N4O5/c15-8(11-10(9(16)17)3-1-4-10)6-13-5-2-7(12-13)14(18)19/h2,5H,1,3-4,6H2,(H,11,15)(H,16,17). The summed E-state index contributed by atoms with van der Waals surface area (Å²) in [6, 6.07) is 1.17. The van der Waals surface area contributed by atoms with E-state index in [2.05, 4.69) is 10.4 Å². The van der Waals surface area contributed by atoms with Crippen LogP contribution in [0.3, 0.4) is 0 Å². The number of carbonyl (C=O) groups excluding carboxylic acids is 1. The molecule has 1 aliphatic rings. The molecule has 0 atom stereocenters. The van der Waals surface area contributed by atoms with Crippen molar-refractivity contribution in [2.45, 2.75) is 31.3 Å². The lowest BCUT2D eigenvalue weighted by atomic mass is 9.77. The summed E-state index contributed by atoms with van der Waals surface area (Å²) in [7, 11) is 0. The maximum absolute atomic E-state index is 11.7. The first-order valence-electron chi connectivity index (χ1n) is 5.65. The van der Waals surface area contributed by atoms with E-state index in [0.717, 1.165) is 11.1 Å². The lowest BCUT2D eigenvalue weighted by molar-refractivity contribution is -0.389. The summed E-state index contributed by atoms with van der Waals surface area (Å²) >= 11 is 0. The first-order chi connectivity index (χ1) is 8.93. The summed E-state index contributed by atoms with van der Waals surface area (Å²) in [5.41, 5.74) is -1.18. The van der Waals surface area contributed by atoms with Gasteiger partial charge in [0.25, 0.3) is 0 Å². The fourth-order valence-corrected chi connectivity index (χ4v) is 1.91. The van der Waals surface area contributed by atoms with Gasteiger partial charge in [-0.1, -0.05) is 0 Å². The van der Waals surface area contributed by atoms with E-state index in [-0.39, 0.29) is 12.4 Å². The van der Waals surface area contributed by atoms with Crippen LogP contribution in [0.1, 0.15) is 19.3 Å². The lowest BCUT2D eigenvalue weighted by Crippen LogP contribution is -2.59. The molecule has 1 aliphatic carbocycles. The molecule has 1 saturated carbocycles. The second kappa shape index (κ2) is 4.67. The molecule has 2 N–H and O–H groups in total. The predicted octanol–water partition coefficient (Wildman–Crippen LogP) is -0.0852. The Labute approximate surface area is 107 Å². The molecule has 0 unspecified atom stereocenters. The van der Waals surface area contributed by atoms with Crippen LogP contribution in [0.2, 0.25) is 0 Å². The van der Waals surface area contributed by atoms with Crippen LogP contribution in [0.25, 0.3) is 0 Å². The van der Waals surface area contributed by atoms with E-state index in [4.69, 9.17) is 5.11 Å². The fourth-order valence-electron chi connectivity index (χ4n) is 1.91. The lowest BCUT2D eigenvalue weighted by Gasteiger charge is -2.38. The number of rotatable bonds is 5. The van der Waals surface area contributed by atoms with E-state index in [1.807, 2.05) is 0 Å². The van der Waals surface area contributed by atoms with Crippen molar-refractivity contribution in [3.8, 4) is 0 Å². The van der Waals surface area contributed by atoms with Gasteiger partial charge in [0.05, 0.1) is 17.4 Å². The van der Waals surface area contributed by atoms with Gasteiger partial charge >= 0.3 is 11.8 Å². The maximum Gasteiger partial charge on any atom is 0.389 e. The Morgan fingerprint density at radius 2 is 2.26 bits per heavy atom. The normalized spacial score (nSPS) is 16.4. The molecule has 0 radical (unpaired) electrons. The minimum atomic E-state index is -1.18. The van der Waals surface area contributed by atoms with Gasteiger partial charge in [-0.2, -0.15) is 4.68 Å². The summed E-state index contributed by atoms with van der Waals surface area (Å²) < 4.78 is 1.10. The number of hydrogen-bond acceptors (Lipinski definition) is 5. The topological polar surface area (TPSA) is 127 Å². The quantitative estimate of drug-likeness (QED) is 0.567. The highest BCUT2D eigenvalue weighted by Crippen LogP contribution is 2.31. The molecule has 102 valence electrons. The molecule has 2 rings (SSSR count). The Morgan fingerprint density at radius 1 is 1.58 bits per heavy atom. The minimum Gasteiger partial charge on any atom is -0.480 e. The number of aromatic nitrogens is 2. The highest BCUT2D eigenvalue weighted by Gasteiger charge is 2.45. The molecule has 1 fully saturated rings. The molecule has 0 bridgehead atoms. The van der Waals surface area contributed by atoms with E-state index in [1.54, 1.807) is 0 Å². The summed E-state index contributed by atoms with van der Waals surface area (Å²) in [6.07, 6.45) is 2.84. The molecule has 0 aromatic carbocycles. The van der Waals surface area contributed by atoms with Crippen LogP contribution in [0.15, 0.2) is 12.3 Å². The monoisotopic (exact) mass is 268 g/mol. The van der Waals surface area contributed by atoms with E-state index in [0.29, 0.717) is 12.8 Å². The van der Waals surface area contributed by atoms with E-state index >= 15 is 0 Å². The number of carboxylic acids is 1. The molecule has 19 heavy (non-hydrogen) atoms. The van der Waals surface area contributed by atoms with Gasteiger partial charge in [0.2, 0.25) is 5.91 Å². The molecule has 1 amide bonds. The minimum absolute atomic E-state index is 0.247. The first kappa shape index (κ1) is 13.0. The number of nitrogens with one attached hydrogen (secondary N) is 1. The van der Waals surface area contributed by atoms with Gasteiger partial charge in [0.1, 0.15) is 12.1 Å². The summed E-state index contributed by atoms with van der Waals surface area (Å²) in [4.78, 5) is 32.5. The first-order valence-corrected chi connectivity index (χ1v) is 5.65. The molecule has 9 heteroatoms. The Balaban J connectivity index is 1.97. The smallest absolute Gasteiger partial charge is 0.389 e. The van der Waals surface area contributed by atoms with Crippen molar-refractivity contribution in [2.24, 2.45) is 0 Å². The zero-order chi connectivity index (χ0) is 14.0. The summed E-state index contributed by atoms with van der Waals surface area (Å²) in [5.74, 6) is -1.94. The van der Waals surface area contributed by atoms with Crippen molar-refractivity contribution >= 4 is 17.7 Å². The van der Waals surface area contributed by atoms with Crippen LogP contribution < -0.4 is 5.32 Å². The number of carboxylic acid groups (broad SMARTS) is 1. The molecule has 1 heterocycles. The van der Waals surface area contributed by atoms with Gasteiger partial charge < -0.3 is 20.5 Å². The summed E-state index contributed by atoms with van der Waals surface area (Å²) in [5, 5.41) is 25.5. The molecule has 1 aromatic heterocycles.